The standard InChI is InChI=1S/C18H31NO/c1-8-20-11-17(12(2)3)19-16(7)18-14(5)9-13(4)10-15(18)6/h9-10,12,16-17,19H,8,11H2,1-7H3. The maximum atomic E-state index is 5.61. The molecule has 0 aliphatic rings. The summed E-state index contributed by atoms with van der Waals surface area (Å²) in [5.41, 5.74) is 5.52. The van der Waals surface area contributed by atoms with Gasteiger partial charge in [-0.1, -0.05) is 31.5 Å². The van der Waals surface area contributed by atoms with Gasteiger partial charge in [-0.25, -0.2) is 0 Å². The highest BCUT2D eigenvalue weighted by molar-refractivity contribution is 5.39. The van der Waals surface area contributed by atoms with Crippen molar-refractivity contribution in [2.24, 2.45) is 5.92 Å². The molecule has 0 heterocycles. The number of benzene rings is 1. The van der Waals surface area contributed by atoms with Crippen molar-refractivity contribution in [2.75, 3.05) is 13.2 Å². The van der Waals surface area contributed by atoms with Gasteiger partial charge < -0.3 is 10.1 Å². The fourth-order valence-corrected chi connectivity index (χ4v) is 2.96. The smallest absolute Gasteiger partial charge is 0.0622 e. The second-order valence-corrected chi connectivity index (χ2v) is 6.21. The van der Waals surface area contributed by atoms with Crippen molar-refractivity contribution in [1.82, 2.24) is 5.32 Å². The first-order valence-electron chi connectivity index (χ1n) is 7.78. The molecule has 1 aromatic rings. The van der Waals surface area contributed by atoms with Crippen LogP contribution in [0, 0.1) is 26.7 Å². The minimum atomic E-state index is 0.350. The summed E-state index contributed by atoms with van der Waals surface area (Å²) in [6.45, 7) is 16.9. The van der Waals surface area contributed by atoms with Crippen molar-refractivity contribution < 1.29 is 4.74 Å². The Morgan fingerprint density at radius 2 is 1.60 bits per heavy atom. The first kappa shape index (κ1) is 17.2. The van der Waals surface area contributed by atoms with Crippen molar-refractivity contribution in [3.63, 3.8) is 0 Å². The van der Waals surface area contributed by atoms with Crippen molar-refractivity contribution in [2.45, 2.75) is 60.5 Å². The highest BCUT2D eigenvalue weighted by Gasteiger charge is 2.19. The summed E-state index contributed by atoms with van der Waals surface area (Å²) < 4.78 is 5.61. The zero-order chi connectivity index (χ0) is 15.3. The van der Waals surface area contributed by atoms with Crippen LogP contribution in [0.3, 0.4) is 0 Å². The monoisotopic (exact) mass is 277 g/mol. The maximum Gasteiger partial charge on any atom is 0.0622 e. The van der Waals surface area contributed by atoms with Crippen LogP contribution in [0.25, 0.3) is 0 Å². The second-order valence-electron chi connectivity index (χ2n) is 6.21. The molecule has 2 unspecified atom stereocenters. The Bertz CT molecular complexity index is 402. The van der Waals surface area contributed by atoms with E-state index in [2.05, 4.69) is 65.9 Å². The molecule has 1 aromatic carbocycles. The van der Waals surface area contributed by atoms with Gasteiger partial charge in [0.05, 0.1) is 6.61 Å². The molecule has 0 saturated heterocycles. The summed E-state index contributed by atoms with van der Waals surface area (Å²) in [6.07, 6.45) is 0. The first-order chi connectivity index (χ1) is 9.36. The SMILES string of the molecule is CCOCC(NC(C)c1c(C)cc(C)cc1C)C(C)C. The molecule has 0 fully saturated rings. The van der Waals surface area contributed by atoms with Gasteiger partial charge in [-0.2, -0.15) is 0 Å². The zero-order valence-electron chi connectivity index (χ0n) is 14.2. The molecule has 0 spiro atoms. The fourth-order valence-electron chi connectivity index (χ4n) is 2.96. The van der Waals surface area contributed by atoms with Crippen LogP contribution in [0.5, 0.6) is 0 Å². The molecule has 20 heavy (non-hydrogen) atoms. The number of aryl methyl sites for hydroxylation is 3. The van der Waals surface area contributed by atoms with Gasteiger partial charge in [0.2, 0.25) is 0 Å². The lowest BCUT2D eigenvalue weighted by Gasteiger charge is -2.28. The third-order valence-electron chi connectivity index (χ3n) is 3.94. The van der Waals surface area contributed by atoms with Crippen LogP contribution in [0.1, 0.15) is 56.0 Å². The minimum Gasteiger partial charge on any atom is -0.380 e. The number of hydrogen-bond acceptors (Lipinski definition) is 2. The van der Waals surface area contributed by atoms with Crippen LogP contribution < -0.4 is 5.32 Å². The Morgan fingerprint density at radius 1 is 1.05 bits per heavy atom. The zero-order valence-corrected chi connectivity index (χ0v) is 14.2. The van der Waals surface area contributed by atoms with E-state index in [4.69, 9.17) is 4.74 Å². The van der Waals surface area contributed by atoms with Gasteiger partial charge >= 0.3 is 0 Å². The van der Waals surface area contributed by atoms with Crippen LogP contribution in [-0.2, 0) is 4.74 Å². The molecule has 114 valence electrons. The van der Waals surface area contributed by atoms with E-state index < -0.39 is 0 Å². The Kier molecular flexibility index (Phi) is 6.70. The molecule has 0 saturated carbocycles. The number of nitrogens with one attached hydrogen (secondary N) is 1. The summed E-state index contributed by atoms with van der Waals surface area (Å²) in [5.74, 6) is 0.565. The van der Waals surface area contributed by atoms with Crippen molar-refractivity contribution in [1.29, 1.82) is 0 Å². The number of rotatable bonds is 7. The number of ether oxygens (including phenoxy) is 1. The molecule has 0 aliphatic carbocycles. The predicted octanol–water partition coefficient (Wildman–Crippen LogP) is 4.32. The molecular formula is C18H31NO. The van der Waals surface area contributed by atoms with Gasteiger partial charge in [0.25, 0.3) is 0 Å². The molecular weight excluding hydrogens is 246 g/mol. The van der Waals surface area contributed by atoms with E-state index in [-0.39, 0.29) is 0 Å². The summed E-state index contributed by atoms with van der Waals surface area (Å²) in [7, 11) is 0. The molecule has 0 radical (unpaired) electrons. The minimum absolute atomic E-state index is 0.350. The van der Waals surface area contributed by atoms with E-state index in [0.717, 1.165) is 13.2 Å². The lowest BCUT2D eigenvalue weighted by atomic mass is 9.93. The van der Waals surface area contributed by atoms with E-state index >= 15 is 0 Å². The maximum absolute atomic E-state index is 5.61. The van der Waals surface area contributed by atoms with Crippen LogP contribution in [0.15, 0.2) is 12.1 Å². The quantitative estimate of drug-likeness (QED) is 0.801. The molecule has 2 nitrogen and oxygen atoms in total. The van der Waals surface area contributed by atoms with Gasteiger partial charge in [0.1, 0.15) is 0 Å². The van der Waals surface area contributed by atoms with E-state index in [0.29, 0.717) is 18.0 Å². The Morgan fingerprint density at radius 3 is 2.05 bits per heavy atom. The summed E-state index contributed by atoms with van der Waals surface area (Å²) in [5, 5.41) is 3.74. The van der Waals surface area contributed by atoms with Crippen LogP contribution >= 0.6 is 0 Å². The predicted molar refractivity (Wildman–Crippen MR) is 87.3 cm³/mol. The average Bonchev–Trinajstić information content (AvgIpc) is 2.32. The average molecular weight is 277 g/mol. The van der Waals surface area contributed by atoms with Gasteiger partial charge in [0.15, 0.2) is 0 Å². The highest BCUT2D eigenvalue weighted by atomic mass is 16.5. The van der Waals surface area contributed by atoms with Crippen LogP contribution in [-0.4, -0.2) is 19.3 Å². The van der Waals surface area contributed by atoms with Crippen molar-refractivity contribution in [3.8, 4) is 0 Å². The van der Waals surface area contributed by atoms with Crippen LogP contribution in [0.2, 0.25) is 0 Å². The van der Waals surface area contributed by atoms with Crippen molar-refractivity contribution in [3.05, 3.63) is 34.4 Å². The molecule has 0 bridgehead atoms. The highest BCUT2D eigenvalue weighted by Crippen LogP contribution is 2.24. The molecule has 0 amide bonds. The van der Waals surface area contributed by atoms with Gasteiger partial charge in [-0.15, -0.1) is 0 Å². The first-order valence-corrected chi connectivity index (χ1v) is 7.78. The molecule has 0 aliphatic heterocycles. The van der Waals surface area contributed by atoms with E-state index in [1.54, 1.807) is 0 Å². The topological polar surface area (TPSA) is 21.3 Å². The Labute approximate surface area is 124 Å². The molecule has 1 rings (SSSR count). The summed E-state index contributed by atoms with van der Waals surface area (Å²) in [6, 6.07) is 5.29. The second kappa shape index (κ2) is 7.80. The molecule has 2 atom stereocenters. The largest absolute Gasteiger partial charge is 0.380 e. The Balaban J connectivity index is 2.86. The third kappa shape index (κ3) is 4.60. The van der Waals surface area contributed by atoms with Gasteiger partial charge in [0, 0.05) is 18.7 Å². The molecule has 2 heteroatoms. The Hall–Kier alpha value is -0.860. The van der Waals surface area contributed by atoms with Gasteiger partial charge in [-0.3, -0.25) is 0 Å². The van der Waals surface area contributed by atoms with E-state index in [9.17, 15) is 0 Å². The van der Waals surface area contributed by atoms with Crippen molar-refractivity contribution >= 4 is 0 Å². The fraction of sp³-hybridized carbons (Fsp3) is 0.667. The van der Waals surface area contributed by atoms with E-state index in [1.807, 2.05) is 0 Å². The normalized spacial score (nSPS) is 14.6. The summed E-state index contributed by atoms with van der Waals surface area (Å²) in [4.78, 5) is 0. The third-order valence-corrected chi connectivity index (χ3v) is 3.94. The van der Waals surface area contributed by atoms with Gasteiger partial charge in [-0.05, 0) is 57.2 Å². The lowest BCUT2D eigenvalue weighted by Crippen LogP contribution is -2.40. The van der Waals surface area contributed by atoms with Crippen LogP contribution in [0.4, 0.5) is 0 Å². The molecule has 1 N–H and O–H groups in total. The lowest BCUT2D eigenvalue weighted by molar-refractivity contribution is 0.104. The molecule has 0 aromatic heterocycles. The summed E-state index contributed by atoms with van der Waals surface area (Å²) >= 11 is 0. The number of hydrogen-bond donors (Lipinski definition) is 1. The van der Waals surface area contributed by atoms with E-state index in [1.165, 1.54) is 22.3 Å².